The third-order valence-electron chi connectivity index (χ3n) is 2.91. The normalized spacial score (nSPS) is 15.6. The molecule has 2 atom stereocenters. The zero-order valence-corrected chi connectivity index (χ0v) is 11.9. The molecule has 17 heavy (non-hydrogen) atoms. The molecule has 0 aromatic rings. The van der Waals surface area contributed by atoms with Gasteiger partial charge in [0.25, 0.3) is 0 Å². The molecular weight excluding hydrogens is 238 g/mol. The molecule has 6 heteroatoms. The van der Waals surface area contributed by atoms with Crippen LogP contribution in [0.1, 0.15) is 27.2 Å². The van der Waals surface area contributed by atoms with Crippen molar-refractivity contribution in [1.82, 2.24) is 10.2 Å². The van der Waals surface area contributed by atoms with Gasteiger partial charge in [0.2, 0.25) is 11.8 Å². The fraction of sp³-hybridized carbons (Fsp3) is 0.727. The van der Waals surface area contributed by atoms with Crippen LogP contribution in [0.5, 0.6) is 0 Å². The van der Waals surface area contributed by atoms with Gasteiger partial charge in [0.15, 0.2) is 0 Å². The van der Waals surface area contributed by atoms with E-state index in [1.807, 2.05) is 6.92 Å². The van der Waals surface area contributed by atoms with Crippen LogP contribution in [-0.4, -0.2) is 41.8 Å². The van der Waals surface area contributed by atoms with E-state index in [1.54, 1.807) is 27.9 Å². The molecule has 2 amide bonds. The Morgan fingerprint density at radius 2 is 1.94 bits per heavy atom. The second-order valence-electron chi connectivity index (χ2n) is 4.48. The zero-order chi connectivity index (χ0) is 13.8. The van der Waals surface area contributed by atoms with Crippen molar-refractivity contribution in [2.24, 2.45) is 11.1 Å². The first-order valence-electron chi connectivity index (χ1n) is 5.48. The Labute approximate surface area is 108 Å². The molecule has 0 bridgehead atoms. The fourth-order valence-electron chi connectivity index (χ4n) is 1.25. The molecule has 0 aliphatic heterocycles. The van der Waals surface area contributed by atoms with Crippen molar-refractivity contribution in [1.29, 1.82) is 0 Å². The third kappa shape index (κ3) is 3.66. The molecule has 0 aliphatic rings. The minimum Gasteiger partial charge on any atom is -0.392 e. The summed E-state index contributed by atoms with van der Waals surface area (Å²) in [5, 5.41) is 2.64. The summed E-state index contributed by atoms with van der Waals surface area (Å²) in [5.74, 6) is -0.477. The number of thiocarbonyl (C=S) groups is 1. The predicted molar refractivity (Wildman–Crippen MR) is 71.5 cm³/mol. The van der Waals surface area contributed by atoms with Crippen molar-refractivity contribution in [3.8, 4) is 0 Å². The van der Waals surface area contributed by atoms with Gasteiger partial charge >= 0.3 is 0 Å². The van der Waals surface area contributed by atoms with Gasteiger partial charge in [-0.2, -0.15) is 0 Å². The van der Waals surface area contributed by atoms with Gasteiger partial charge in [-0.05, 0) is 20.3 Å². The molecule has 3 N–H and O–H groups in total. The summed E-state index contributed by atoms with van der Waals surface area (Å²) >= 11 is 4.90. The van der Waals surface area contributed by atoms with Gasteiger partial charge in [-0.3, -0.25) is 9.59 Å². The van der Waals surface area contributed by atoms with E-state index in [0.29, 0.717) is 6.42 Å². The number of amides is 2. The first-order valence-corrected chi connectivity index (χ1v) is 5.89. The van der Waals surface area contributed by atoms with Crippen LogP contribution in [0.2, 0.25) is 0 Å². The Morgan fingerprint density at radius 3 is 2.24 bits per heavy atom. The highest BCUT2D eigenvalue weighted by Crippen LogP contribution is 2.21. The first-order chi connectivity index (χ1) is 7.66. The van der Waals surface area contributed by atoms with Gasteiger partial charge in [0, 0.05) is 14.1 Å². The lowest BCUT2D eigenvalue weighted by Gasteiger charge is -2.28. The van der Waals surface area contributed by atoms with Crippen LogP contribution in [0.4, 0.5) is 0 Å². The number of carbonyl (C=O) groups is 2. The van der Waals surface area contributed by atoms with Crippen molar-refractivity contribution in [3.05, 3.63) is 0 Å². The largest absolute Gasteiger partial charge is 0.392 e. The van der Waals surface area contributed by atoms with Crippen LogP contribution >= 0.6 is 12.2 Å². The SMILES string of the molecule is CCC(C)(C(=O)NC(C)C(=O)N(C)C)C(N)=S. The molecule has 98 valence electrons. The molecule has 0 saturated heterocycles. The molecular formula is C11H21N3O2S. The van der Waals surface area contributed by atoms with Crippen molar-refractivity contribution in [2.75, 3.05) is 14.1 Å². The van der Waals surface area contributed by atoms with Crippen LogP contribution in [0, 0.1) is 5.41 Å². The molecule has 0 fully saturated rings. The Bertz CT molecular complexity index is 331. The molecule has 0 saturated carbocycles. The Hall–Kier alpha value is -1.17. The number of hydrogen-bond donors (Lipinski definition) is 2. The van der Waals surface area contributed by atoms with Crippen LogP contribution < -0.4 is 11.1 Å². The van der Waals surface area contributed by atoms with E-state index in [9.17, 15) is 9.59 Å². The quantitative estimate of drug-likeness (QED) is 0.696. The van der Waals surface area contributed by atoms with E-state index in [4.69, 9.17) is 18.0 Å². The maximum absolute atomic E-state index is 12.0. The van der Waals surface area contributed by atoms with Crippen LogP contribution in [0.25, 0.3) is 0 Å². The average Bonchev–Trinajstić information content (AvgIpc) is 2.25. The monoisotopic (exact) mass is 259 g/mol. The Morgan fingerprint density at radius 1 is 1.47 bits per heavy atom. The topological polar surface area (TPSA) is 75.4 Å². The molecule has 0 aromatic carbocycles. The minimum absolute atomic E-state index is 0.141. The van der Waals surface area contributed by atoms with E-state index in [0.717, 1.165) is 0 Å². The summed E-state index contributed by atoms with van der Waals surface area (Å²) in [7, 11) is 3.27. The molecule has 0 aromatic heterocycles. The predicted octanol–water partition coefficient (Wildman–Crippen LogP) is 0.282. The number of carbonyl (C=O) groups excluding carboxylic acids is 2. The number of nitrogens with zero attached hydrogens (tertiary/aromatic N) is 1. The second-order valence-corrected chi connectivity index (χ2v) is 4.92. The van der Waals surface area contributed by atoms with E-state index < -0.39 is 11.5 Å². The van der Waals surface area contributed by atoms with E-state index in [2.05, 4.69) is 5.32 Å². The van der Waals surface area contributed by atoms with Gasteiger partial charge in [-0.25, -0.2) is 0 Å². The Balaban J connectivity index is 4.75. The molecule has 0 aliphatic carbocycles. The van der Waals surface area contributed by atoms with Gasteiger partial charge in [0.05, 0.1) is 10.4 Å². The van der Waals surface area contributed by atoms with Crippen molar-refractivity contribution in [3.63, 3.8) is 0 Å². The molecule has 5 nitrogen and oxygen atoms in total. The highest BCUT2D eigenvalue weighted by atomic mass is 32.1. The fourth-order valence-corrected chi connectivity index (χ4v) is 1.49. The smallest absolute Gasteiger partial charge is 0.244 e. The number of nitrogens with two attached hydrogens (primary N) is 1. The highest BCUT2D eigenvalue weighted by Gasteiger charge is 2.36. The lowest BCUT2D eigenvalue weighted by atomic mass is 9.86. The van der Waals surface area contributed by atoms with E-state index in [1.165, 1.54) is 4.90 Å². The lowest BCUT2D eigenvalue weighted by molar-refractivity contribution is -0.135. The Kier molecular flexibility index (Phi) is 5.54. The zero-order valence-electron chi connectivity index (χ0n) is 11.0. The summed E-state index contributed by atoms with van der Waals surface area (Å²) in [5.41, 5.74) is 4.66. The van der Waals surface area contributed by atoms with Gasteiger partial charge < -0.3 is 16.0 Å². The van der Waals surface area contributed by atoms with Gasteiger partial charge in [0.1, 0.15) is 6.04 Å². The van der Waals surface area contributed by atoms with Crippen molar-refractivity contribution < 1.29 is 9.59 Å². The highest BCUT2D eigenvalue weighted by molar-refractivity contribution is 7.80. The molecule has 0 spiro atoms. The average molecular weight is 259 g/mol. The number of nitrogens with one attached hydrogen (secondary N) is 1. The summed E-state index contributed by atoms with van der Waals surface area (Å²) in [4.78, 5) is 25.2. The molecule has 0 rings (SSSR count). The van der Waals surface area contributed by atoms with E-state index >= 15 is 0 Å². The van der Waals surface area contributed by atoms with Crippen molar-refractivity contribution >= 4 is 29.0 Å². The molecule has 0 heterocycles. The number of hydrogen-bond acceptors (Lipinski definition) is 3. The maximum atomic E-state index is 12.0. The summed E-state index contributed by atoms with van der Waals surface area (Å²) in [6, 6.07) is -0.585. The maximum Gasteiger partial charge on any atom is 0.244 e. The lowest BCUT2D eigenvalue weighted by Crippen LogP contribution is -2.52. The number of likely N-dealkylation sites (N-methyl/N-ethyl adjacent to an activating group) is 1. The van der Waals surface area contributed by atoms with Crippen LogP contribution in [-0.2, 0) is 9.59 Å². The van der Waals surface area contributed by atoms with Gasteiger partial charge in [-0.1, -0.05) is 19.1 Å². The first kappa shape index (κ1) is 15.8. The molecule has 2 unspecified atom stereocenters. The standard InChI is InChI=1S/C11H21N3O2S/c1-6-11(3,9(12)17)10(16)13-7(2)8(15)14(4)5/h7H,6H2,1-5H3,(H2,12,17)(H,13,16). The summed E-state index contributed by atoms with van der Waals surface area (Å²) < 4.78 is 0. The van der Waals surface area contributed by atoms with Crippen molar-refractivity contribution in [2.45, 2.75) is 33.2 Å². The van der Waals surface area contributed by atoms with Gasteiger partial charge in [-0.15, -0.1) is 0 Å². The third-order valence-corrected chi connectivity index (χ3v) is 3.36. The summed E-state index contributed by atoms with van der Waals surface area (Å²) in [6.07, 6.45) is 0.497. The van der Waals surface area contributed by atoms with Crippen LogP contribution in [0.3, 0.4) is 0 Å². The second kappa shape index (κ2) is 5.95. The molecule has 0 radical (unpaired) electrons. The summed E-state index contributed by atoms with van der Waals surface area (Å²) in [6.45, 7) is 5.14. The number of rotatable bonds is 5. The minimum atomic E-state index is -0.907. The van der Waals surface area contributed by atoms with Crippen LogP contribution in [0.15, 0.2) is 0 Å². The van der Waals surface area contributed by atoms with E-state index in [-0.39, 0.29) is 16.8 Å².